The van der Waals surface area contributed by atoms with Gasteiger partial charge in [0.15, 0.2) is 0 Å². The number of anilines is 2. The molecule has 0 saturated carbocycles. The molecule has 4 rings (SSSR count). The minimum atomic E-state index is -4.52. The highest BCUT2D eigenvalue weighted by molar-refractivity contribution is 6.33. The average Bonchev–Trinajstić information content (AvgIpc) is 2.74. The molecule has 0 radical (unpaired) electrons. The van der Waals surface area contributed by atoms with Crippen LogP contribution in [0.5, 0.6) is 0 Å². The Morgan fingerprint density at radius 3 is 2.60 bits per heavy atom. The second-order valence-corrected chi connectivity index (χ2v) is 7.19. The van der Waals surface area contributed by atoms with Gasteiger partial charge in [-0.2, -0.15) is 13.2 Å². The van der Waals surface area contributed by atoms with E-state index in [9.17, 15) is 18.0 Å². The maximum absolute atomic E-state index is 13.2. The predicted octanol–water partition coefficient (Wildman–Crippen LogP) is 5.12. The second kappa shape index (κ2) is 8.12. The molecule has 0 bridgehead atoms. The number of morpholine rings is 1. The molecule has 0 spiro atoms. The Balaban J connectivity index is 1.82. The maximum Gasteiger partial charge on any atom is 0.416 e. The lowest BCUT2D eigenvalue weighted by molar-refractivity contribution is -0.137. The number of ether oxygens (including phenoxy) is 1. The molecule has 9 heteroatoms. The summed E-state index contributed by atoms with van der Waals surface area (Å²) < 4.78 is 44.9. The first-order valence-corrected chi connectivity index (χ1v) is 9.61. The number of halogens is 4. The van der Waals surface area contributed by atoms with Gasteiger partial charge in [0.25, 0.3) is 5.91 Å². The number of para-hydroxylation sites is 1. The van der Waals surface area contributed by atoms with Crippen LogP contribution in [0, 0.1) is 0 Å². The van der Waals surface area contributed by atoms with Crippen LogP contribution in [0.2, 0.25) is 5.02 Å². The number of pyridine rings is 1. The predicted molar refractivity (Wildman–Crippen MR) is 108 cm³/mol. The fraction of sp³-hybridized carbons (Fsp3) is 0.238. The molecule has 1 saturated heterocycles. The van der Waals surface area contributed by atoms with E-state index >= 15 is 0 Å². The number of benzene rings is 2. The minimum absolute atomic E-state index is 0.0545. The maximum atomic E-state index is 13.2. The number of hydrogen-bond acceptors (Lipinski definition) is 4. The highest BCUT2D eigenvalue weighted by Gasteiger charge is 2.31. The molecule has 2 heterocycles. The van der Waals surface area contributed by atoms with Crippen molar-refractivity contribution < 1.29 is 22.7 Å². The van der Waals surface area contributed by atoms with Crippen LogP contribution in [0.3, 0.4) is 0 Å². The van der Waals surface area contributed by atoms with E-state index in [0.717, 1.165) is 12.1 Å². The SMILES string of the molecule is O=C(c1cnc2ccccc2c1Nc1cc(C(F)(F)F)ccc1Cl)N1CCOCC1. The van der Waals surface area contributed by atoms with E-state index in [1.807, 2.05) is 0 Å². The highest BCUT2D eigenvalue weighted by atomic mass is 35.5. The first-order chi connectivity index (χ1) is 14.3. The monoisotopic (exact) mass is 435 g/mol. The molecule has 0 unspecified atom stereocenters. The van der Waals surface area contributed by atoms with E-state index in [-0.39, 0.29) is 22.2 Å². The third-order valence-electron chi connectivity index (χ3n) is 4.86. The molecule has 1 aliphatic rings. The van der Waals surface area contributed by atoms with Crippen molar-refractivity contribution in [2.75, 3.05) is 31.6 Å². The Bertz CT molecular complexity index is 1100. The van der Waals surface area contributed by atoms with Crippen LogP contribution in [-0.2, 0) is 10.9 Å². The van der Waals surface area contributed by atoms with Crippen molar-refractivity contribution in [3.05, 3.63) is 64.8 Å². The molecular formula is C21H17ClF3N3O2. The third kappa shape index (κ3) is 4.06. The van der Waals surface area contributed by atoms with E-state index in [1.54, 1.807) is 29.2 Å². The van der Waals surface area contributed by atoms with Crippen LogP contribution in [0.4, 0.5) is 24.5 Å². The van der Waals surface area contributed by atoms with Crippen LogP contribution < -0.4 is 5.32 Å². The van der Waals surface area contributed by atoms with E-state index in [2.05, 4.69) is 10.3 Å². The van der Waals surface area contributed by atoms with Gasteiger partial charge in [-0.15, -0.1) is 0 Å². The Hall–Kier alpha value is -2.84. The van der Waals surface area contributed by atoms with Gasteiger partial charge in [-0.3, -0.25) is 9.78 Å². The zero-order chi connectivity index (χ0) is 21.3. The number of nitrogens with one attached hydrogen (secondary N) is 1. The van der Waals surface area contributed by atoms with Crippen molar-refractivity contribution >= 4 is 39.8 Å². The topological polar surface area (TPSA) is 54.5 Å². The van der Waals surface area contributed by atoms with Crippen molar-refractivity contribution in [1.82, 2.24) is 9.88 Å². The number of fused-ring (bicyclic) bond motifs is 1. The first-order valence-electron chi connectivity index (χ1n) is 9.23. The van der Waals surface area contributed by atoms with Gasteiger partial charge < -0.3 is 15.0 Å². The quantitative estimate of drug-likeness (QED) is 0.620. The molecule has 1 amide bonds. The number of carbonyl (C=O) groups is 1. The van der Waals surface area contributed by atoms with Gasteiger partial charge in [0.1, 0.15) is 0 Å². The van der Waals surface area contributed by atoms with Crippen molar-refractivity contribution in [2.24, 2.45) is 0 Å². The number of carbonyl (C=O) groups excluding carboxylic acids is 1. The van der Waals surface area contributed by atoms with Crippen LogP contribution >= 0.6 is 11.6 Å². The van der Waals surface area contributed by atoms with Gasteiger partial charge in [0.05, 0.1) is 46.3 Å². The number of hydrogen-bond donors (Lipinski definition) is 1. The van der Waals surface area contributed by atoms with E-state index in [4.69, 9.17) is 16.3 Å². The number of aromatic nitrogens is 1. The Labute approximate surface area is 175 Å². The average molecular weight is 436 g/mol. The molecule has 1 aliphatic heterocycles. The highest BCUT2D eigenvalue weighted by Crippen LogP contribution is 2.37. The van der Waals surface area contributed by atoms with E-state index in [0.29, 0.717) is 42.9 Å². The van der Waals surface area contributed by atoms with E-state index in [1.165, 1.54) is 12.3 Å². The molecule has 156 valence electrons. The molecule has 1 N–H and O–H groups in total. The van der Waals surface area contributed by atoms with Gasteiger partial charge >= 0.3 is 6.18 Å². The van der Waals surface area contributed by atoms with Gasteiger partial charge in [-0.05, 0) is 24.3 Å². The lowest BCUT2D eigenvalue weighted by Gasteiger charge is -2.28. The van der Waals surface area contributed by atoms with Crippen molar-refractivity contribution in [3.63, 3.8) is 0 Å². The largest absolute Gasteiger partial charge is 0.416 e. The van der Waals surface area contributed by atoms with Crippen LogP contribution in [-0.4, -0.2) is 42.1 Å². The Morgan fingerprint density at radius 1 is 1.13 bits per heavy atom. The van der Waals surface area contributed by atoms with Crippen molar-refractivity contribution in [3.8, 4) is 0 Å². The summed E-state index contributed by atoms with van der Waals surface area (Å²) in [5.74, 6) is -0.276. The Kier molecular flexibility index (Phi) is 5.53. The zero-order valence-electron chi connectivity index (χ0n) is 15.7. The molecular weight excluding hydrogens is 419 g/mol. The van der Waals surface area contributed by atoms with Gasteiger partial charge in [0, 0.05) is 24.7 Å². The molecule has 1 fully saturated rings. The summed E-state index contributed by atoms with van der Waals surface area (Å²) in [7, 11) is 0. The summed E-state index contributed by atoms with van der Waals surface area (Å²) in [4.78, 5) is 19.1. The Morgan fingerprint density at radius 2 is 1.87 bits per heavy atom. The van der Waals surface area contributed by atoms with Crippen LogP contribution in [0.15, 0.2) is 48.7 Å². The van der Waals surface area contributed by atoms with E-state index < -0.39 is 11.7 Å². The lowest BCUT2D eigenvalue weighted by atomic mass is 10.1. The normalized spacial score (nSPS) is 14.7. The third-order valence-corrected chi connectivity index (χ3v) is 5.19. The van der Waals surface area contributed by atoms with Gasteiger partial charge in [0.2, 0.25) is 0 Å². The summed E-state index contributed by atoms with van der Waals surface area (Å²) in [5, 5.41) is 3.67. The molecule has 30 heavy (non-hydrogen) atoms. The van der Waals surface area contributed by atoms with Crippen LogP contribution in [0.1, 0.15) is 15.9 Å². The summed E-state index contributed by atoms with van der Waals surface area (Å²) in [6.07, 6.45) is -3.09. The summed E-state index contributed by atoms with van der Waals surface area (Å²) in [6.45, 7) is 1.70. The molecule has 3 aromatic rings. The van der Waals surface area contributed by atoms with Gasteiger partial charge in [-0.1, -0.05) is 29.8 Å². The summed E-state index contributed by atoms with van der Waals surface area (Å²) >= 11 is 6.17. The minimum Gasteiger partial charge on any atom is -0.378 e. The zero-order valence-corrected chi connectivity index (χ0v) is 16.4. The number of alkyl halides is 3. The van der Waals surface area contributed by atoms with Crippen LogP contribution in [0.25, 0.3) is 10.9 Å². The molecule has 1 aromatic heterocycles. The fourth-order valence-corrected chi connectivity index (χ4v) is 3.47. The fourth-order valence-electron chi connectivity index (χ4n) is 3.31. The molecule has 0 aliphatic carbocycles. The first kappa shape index (κ1) is 20.4. The standard InChI is InChI=1S/C21H17ClF3N3O2/c22-16-6-5-13(21(23,24)25)11-18(16)27-19-14-3-1-2-4-17(14)26-12-15(19)20(29)28-7-9-30-10-8-28/h1-6,11-12H,7-10H2,(H,26,27). The summed E-state index contributed by atoms with van der Waals surface area (Å²) in [5.41, 5.74) is 0.428. The second-order valence-electron chi connectivity index (χ2n) is 6.79. The lowest BCUT2D eigenvalue weighted by Crippen LogP contribution is -2.41. The number of amides is 1. The van der Waals surface area contributed by atoms with Crippen molar-refractivity contribution in [2.45, 2.75) is 6.18 Å². The number of rotatable bonds is 3. The molecule has 5 nitrogen and oxygen atoms in total. The smallest absolute Gasteiger partial charge is 0.378 e. The molecule has 2 aromatic carbocycles. The van der Waals surface area contributed by atoms with Gasteiger partial charge in [-0.25, -0.2) is 0 Å². The molecule has 0 atom stereocenters. The van der Waals surface area contributed by atoms with Crippen molar-refractivity contribution in [1.29, 1.82) is 0 Å². The summed E-state index contributed by atoms with van der Waals surface area (Å²) in [6, 6.07) is 10.1. The number of nitrogens with zero attached hydrogens (tertiary/aromatic N) is 2.